The molecule has 1 aromatic rings. The molecule has 0 aromatic heterocycles. The normalized spacial score (nSPS) is 15.4. The maximum atomic E-state index is 12.2. The van der Waals surface area contributed by atoms with E-state index in [1.807, 2.05) is 6.92 Å². The molecule has 2 rings (SSSR count). The number of hydrogen-bond acceptors (Lipinski definition) is 5. The standard InChI is InChI=1S/C21H32N2O5/c1-14(16-11-17(26-2)21(28-4)18(12-16)27-3)23-20(25)13-22-19(24)10-15-8-6-5-7-9-15/h11-12,14-15H,5-10,13H2,1-4H3,(H,22,24)(H,23,25). The summed E-state index contributed by atoms with van der Waals surface area (Å²) in [5, 5.41) is 5.62. The van der Waals surface area contributed by atoms with Crippen molar-refractivity contribution in [2.24, 2.45) is 5.92 Å². The Morgan fingerprint density at radius 3 is 2.14 bits per heavy atom. The molecule has 7 nitrogen and oxygen atoms in total. The molecule has 0 heterocycles. The van der Waals surface area contributed by atoms with Crippen LogP contribution >= 0.6 is 0 Å². The van der Waals surface area contributed by atoms with Crippen LogP contribution in [0, 0.1) is 5.92 Å². The van der Waals surface area contributed by atoms with Crippen molar-refractivity contribution in [2.75, 3.05) is 27.9 Å². The van der Waals surface area contributed by atoms with E-state index in [1.54, 1.807) is 33.5 Å². The summed E-state index contributed by atoms with van der Waals surface area (Å²) >= 11 is 0. The summed E-state index contributed by atoms with van der Waals surface area (Å²) in [5.74, 6) is 1.72. The van der Waals surface area contributed by atoms with Gasteiger partial charge in [-0.15, -0.1) is 0 Å². The molecule has 1 atom stereocenters. The molecule has 0 radical (unpaired) electrons. The molecule has 1 saturated carbocycles. The van der Waals surface area contributed by atoms with Crippen molar-refractivity contribution in [3.8, 4) is 17.2 Å². The minimum Gasteiger partial charge on any atom is -0.493 e. The van der Waals surface area contributed by atoms with Crippen LogP contribution in [0.4, 0.5) is 0 Å². The van der Waals surface area contributed by atoms with Gasteiger partial charge >= 0.3 is 0 Å². The number of rotatable bonds is 9. The van der Waals surface area contributed by atoms with E-state index in [0.29, 0.717) is 29.6 Å². The molecule has 1 aliphatic carbocycles. The number of methoxy groups -OCH3 is 3. The van der Waals surface area contributed by atoms with Gasteiger partial charge in [0.2, 0.25) is 17.6 Å². The maximum Gasteiger partial charge on any atom is 0.239 e. The van der Waals surface area contributed by atoms with Gasteiger partial charge in [0.1, 0.15) is 0 Å². The molecule has 2 N–H and O–H groups in total. The zero-order valence-electron chi connectivity index (χ0n) is 17.3. The van der Waals surface area contributed by atoms with E-state index in [2.05, 4.69) is 10.6 Å². The van der Waals surface area contributed by atoms with Crippen molar-refractivity contribution in [1.29, 1.82) is 0 Å². The largest absolute Gasteiger partial charge is 0.493 e. The number of amides is 2. The summed E-state index contributed by atoms with van der Waals surface area (Å²) in [5.41, 5.74) is 0.816. The molecule has 0 aliphatic heterocycles. The van der Waals surface area contributed by atoms with Crippen molar-refractivity contribution in [3.05, 3.63) is 17.7 Å². The van der Waals surface area contributed by atoms with Crippen LogP contribution < -0.4 is 24.8 Å². The van der Waals surface area contributed by atoms with Crippen LogP contribution in [0.25, 0.3) is 0 Å². The second kappa shape index (κ2) is 10.8. The van der Waals surface area contributed by atoms with Gasteiger partial charge in [0.15, 0.2) is 11.5 Å². The number of carbonyl (C=O) groups is 2. The molecule has 7 heteroatoms. The van der Waals surface area contributed by atoms with Gasteiger partial charge in [0.25, 0.3) is 0 Å². The first-order valence-electron chi connectivity index (χ1n) is 9.84. The first-order chi connectivity index (χ1) is 13.5. The van der Waals surface area contributed by atoms with Crippen molar-refractivity contribution in [1.82, 2.24) is 10.6 Å². The van der Waals surface area contributed by atoms with Crippen molar-refractivity contribution in [3.63, 3.8) is 0 Å². The summed E-state index contributed by atoms with van der Waals surface area (Å²) in [6, 6.07) is 3.32. The van der Waals surface area contributed by atoms with E-state index in [4.69, 9.17) is 14.2 Å². The zero-order valence-corrected chi connectivity index (χ0v) is 17.3. The number of benzene rings is 1. The van der Waals surface area contributed by atoms with Gasteiger partial charge in [-0.25, -0.2) is 0 Å². The third kappa shape index (κ3) is 6.04. The Morgan fingerprint density at radius 1 is 1.00 bits per heavy atom. The Morgan fingerprint density at radius 2 is 1.61 bits per heavy atom. The van der Waals surface area contributed by atoms with Gasteiger partial charge in [0.05, 0.1) is 33.9 Å². The predicted octanol–water partition coefficient (Wildman–Crippen LogP) is 2.98. The van der Waals surface area contributed by atoms with E-state index >= 15 is 0 Å². The molecule has 1 fully saturated rings. The summed E-state index contributed by atoms with van der Waals surface area (Å²) in [6.45, 7) is 1.84. The van der Waals surface area contributed by atoms with Gasteiger partial charge in [-0.05, 0) is 43.4 Å². The van der Waals surface area contributed by atoms with Gasteiger partial charge in [-0.1, -0.05) is 19.3 Å². The fraction of sp³-hybridized carbons (Fsp3) is 0.619. The smallest absolute Gasteiger partial charge is 0.239 e. The number of hydrogen-bond donors (Lipinski definition) is 2. The molecule has 28 heavy (non-hydrogen) atoms. The summed E-state index contributed by atoms with van der Waals surface area (Å²) in [4.78, 5) is 24.3. The summed E-state index contributed by atoms with van der Waals surface area (Å²) in [6.07, 6.45) is 6.39. The molecular weight excluding hydrogens is 360 g/mol. The van der Waals surface area contributed by atoms with Crippen LogP contribution in [0.5, 0.6) is 17.2 Å². The average molecular weight is 392 g/mol. The van der Waals surface area contributed by atoms with Crippen LogP contribution in [0.15, 0.2) is 12.1 Å². The van der Waals surface area contributed by atoms with Crippen LogP contribution in [-0.4, -0.2) is 39.7 Å². The predicted molar refractivity (Wildman–Crippen MR) is 107 cm³/mol. The third-order valence-corrected chi connectivity index (χ3v) is 5.21. The Hall–Kier alpha value is -2.44. The lowest BCUT2D eigenvalue weighted by Crippen LogP contribution is -2.38. The van der Waals surface area contributed by atoms with E-state index in [9.17, 15) is 9.59 Å². The number of nitrogens with one attached hydrogen (secondary N) is 2. The van der Waals surface area contributed by atoms with Crippen molar-refractivity contribution < 1.29 is 23.8 Å². The highest BCUT2D eigenvalue weighted by Gasteiger charge is 2.19. The van der Waals surface area contributed by atoms with Gasteiger partial charge < -0.3 is 24.8 Å². The second-order valence-electron chi connectivity index (χ2n) is 7.23. The number of ether oxygens (including phenoxy) is 3. The molecule has 2 amide bonds. The quantitative estimate of drug-likeness (QED) is 0.675. The van der Waals surface area contributed by atoms with Crippen molar-refractivity contribution in [2.45, 2.75) is 51.5 Å². The van der Waals surface area contributed by atoms with Gasteiger partial charge in [-0.2, -0.15) is 0 Å². The van der Waals surface area contributed by atoms with Crippen LogP contribution in [-0.2, 0) is 9.59 Å². The van der Waals surface area contributed by atoms with E-state index in [1.165, 1.54) is 19.3 Å². The monoisotopic (exact) mass is 392 g/mol. The highest BCUT2D eigenvalue weighted by Crippen LogP contribution is 2.39. The van der Waals surface area contributed by atoms with E-state index < -0.39 is 0 Å². The van der Waals surface area contributed by atoms with Crippen LogP contribution in [0.1, 0.15) is 57.1 Å². The molecule has 1 unspecified atom stereocenters. The highest BCUT2D eigenvalue weighted by atomic mass is 16.5. The lowest BCUT2D eigenvalue weighted by atomic mass is 9.87. The Balaban J connectivity index is 1.88. The first kappa shape index (κ1) is 21.9. The Labute approximate surface area is 167 Å². The molecule has 0 saturated heterocycles. The minimum atomic E-state index is -0.281. The topological polar surface area (TPSA) is 85.9 Å². The fourth-order valence-electron chi connectivity index (χ4n) is 3.63. The van der Waals surface area contributed by atoms with Gasteiger partial charge in [-0.3, -0.25) is 9.59 Å². The van der Waals surface area contributed by atoms with Crippen molar-refractivity contribution >= 4 is 11.8 Å². The first-order valence-corrected chi connectivity index (χ1v) is 9.84. The Bertz CT molecular complexity index is 646. The van der Waals surface area contributed by atoms with Crippen LogP contribution in [0.3, 0.4) is 0 Å². The molecule has 156 valence electrons. The average Bonchev–Trinajstić information content (AvgIpc) is 2.71. The third-order valence-electron chi connectivity index (χ3n) is 5.21. The molecular formula is C21H32N2O5. The SMILES string of the molecule is COc1cc(C(C)NC(=O)CNC(=O)CC2CCCCC2)cc(OC)c1OC. The second-order valence-corrected chi connectivity index (χ2v) is 7.23. The summed E-state index contributed by atoms with van der Waals surface area (Å²) < 4.78 is 16.0. The highest BCUT2D eigenvalue weighted by molar-refractivity contribution is 5.85. The van der Waals surface area contributed by atoms with Crippen LogP contribution in [0.2, 0.25) is 0 Å². The fourth-order valence-corrected chi connectivity index (χ4v) is 3.63. The molecule has 0 bridgehead atoms. The molecule has 0 spiro atoms. The van der Waals surface area contributed by atoms with E-state index in [0.717, 1.165) is 18.4 Å². The molecule has 1 aromatic carbocycles. The number of carbonyl (C=O) groups excluding carboxylic acids is 2. The zero-order chi connectivity index (χ0) is 20.5. The lowest BCUT2D eigenvalue weighted by molar-refractivity contribution is -0.127. The lowest BCUT2D eigenvalue weighted by Gasteiger charge is -2.21. The Kier molecular flexibility index (Phi) is 8.42. The summed E-state index contributed by atoms with van der Waals surface area (Å²) in [7, 11) is 4.64. The minimum absolute atomic E-state index is 0.0275. The molecule has 1 aliphatic rings. The van der Waals surface area contributed by atoms with Gasteiger partial charge in [0, 0.05) is 6.42 Å². The maximum absolute atomic E-state index is 12.2. The van der Waals surface area contributed by atoms with E-state index in [-0.39, 0.29) is 24.4 Å².